The Kier molecular flexibility index (Phi) is 6.88. The van der Waals surface area contributed by atoms with Crippen LogP contribution in [0.1, 0.15) is 43.0 Å². The van der Waals surface area contributed by atoms with Gasteiger partial charge in [0.1, 0.15) is 5.82 Å². The summed E-state index contributed by atoms with van der Waals surface area (Å²) >= 11 is 0. The number of carbonyl (C=O) groups is 1. The summed E-state index contributed by atoms with van der Waals surface area (Å²) in [6.45, 7) is 7.80. The number of nitrogens with one attached hydrogen (secondary N) is 1. The molecule has 3 atom stereocenters. The lowest BCUT2D eigenvalue weighted by Gasteiger charge is -2.27. The van der Waals surface area contributed by atoms with Crippen molar-refractivity contribution >= 4 is 11.8 Å². The van der Waals surface area contributed by atoms with E-state index in [0.29, 0.717) is 18.2 Å². The van der Waals surface area contributed by atoms with Crippen LogP contribution in [0.2, 0.25) is 0 Å². The fourth-order valence-corrected chi connectivity index (χ4v) is 5.72. The molecule has 0 amide bonds. The van der Waals surface area contributed by atoms with Crippen LogP contribution in [0.15, 0.2) is 36.4 Å². The van der Waals surface area contributed by atoms with Crippen molar-refractivity contribution < 1.29 is 14.3 Å². The molecule has 5 rings (SSSR count). The van der Waals surface area contributed by atoms with E-state index in [4.69, 9.17) is 9.47 Å². The van der Waals surface area contributed by atoms with Gasteiger partial charge in [0.2, 0.25) is 0 Å². The lowest BCUT2D eigenvalue weighted by atomic mass is 10.00. The predicted octanol–water partition coefficient (Wildman–Crippen LogP) is 3.87. The van der Waals surface area contributed by atoms with E-state index in [0.717, 1.165) is 48.0 Å². The van der Waals surface area contributed by atoms with Crippen molar-refractivity contribution in [3.05, 3.63) is 42.0 Å². The fourth-order valence-electron chi connectivity index (χ4n) is 5.72. The highest BCUT2D eigenvalue weighted by Gasteiger charge is 2.41. The first-order valence-corrected chi connectivity index (χ1v) is 12.4. The Labute approximate surface area is 195 Å². The third-order valence-electron chi connectivity index (χ3n) is 7.39. The second-order valence-corrected chi connectivity index (χ2v) is 9.71. The van der Waals surface area contributed by atoms with Gasteiger partial charge < -0.3 is 19.7 Å². The molecule has 2 aliphatic heterocycles. The molecule has 1 saturated carbocycles. The molecule has 1 N–H and O–H groups in total. The molecule has 0 spiro atoms. The number of hydrogen-bond acceptors (Lipinski definition) is 7. The third kappa shape index (κ3) is 5.36. The zero-order valence-electron chi connectivity index (χ0n) is 19.4. The van der Waals surface area contributed by atoms with Gasteiger partial charge in [-0.3, -0.25) is 0 Å². The number of aromatic nitrogens is 2. The number of fused-ring (bicyclic) bond motifs is 1. The van der Waals surface area contributed by atoms with E-state index < -0.39 is 0 Å². The number of nitrogens with zero attached hydrogens (tertiary/aromatic N) is 3. The number of anilines is 1. The van der Waals surface area contributed by atoms with E-state index in [1.54, 1.807) is 19.1 Å². The average Bonchev–Trinajstić information content (AvgIpc) is 3.38. The molecule has 2 aromatic rings. The number of carbonyl (C=O) groups excluding carboxylic acids is 1. The van der Waals surface area contributed by atoms with Gasteiger partial charge in [-0.1, -0.05) is 12.1 Å². The predicted molar refractivity (Wildman–Crippen MR) is 127 cm³/mol. The van der Waals surface area contributed by atoms with Gasteiger partial charge in [-0.25, -0.2) is 4.79 Å². The minimum atomic E-state index is -0.303. The highest BCUT2D eigenvalue weighted by molar-refractivity contribution is 5.89. The molecule has 1 aliphatic carbocycles. The van der Waals surface area contributed by atoms with Crippen LogP contribution in [0, 0.1) is 17.8 Å². The summed E-state index contributed by atoms with van der Waals surface area (Å²) in [7, 11) is 0. The number of likely N-dealkylation sites (tertiary alicyclic amines) is 1. The number of esters is 1. The Morgan fingerprint density at radius 3 is 2.42 bits per heavy atom. The molecular formula is C26H34N4O3. The maximum atomic E-state index is 11.8. The molecule has 2 saturated heterocycles. The van der Waals surface area contributed by atoms with Crippen LogP contribution in [0.3, 0.4) is 0 Å². The van der Waals surface area contributed by atoms with Gasteiger partial charge in [0, 0.05) is 44.5 Å². The minimum absolute atomic E-state index is 0.303. The first kappa shape index (κ1) is 22.3. The van der Waals surface area contributed by atoms with Gasteiger partial charge >= 0.3 is 5.97 Å². The fraction of sp³-hybridized carbons (Fsp3) is 0.577. The Morgan fingerprint density at radius 2 is 1.79 bits per heavy atom. The van der Waals surface area contributed by atoms with Gasteiger partial charge in [-0.05, 0) is 74.6 Å². The smallest absolute Gasteiger partial charge is 0.338 e. The summed E-state index contributed by atoms with van der Waals surface area (Å²) in [6, 6.07) is 11.8. The molecule has 3 heterocycles. The summed E-state index contributed by atoms with van der Waals surface area (Å²) in [5, 5.41) is 12.4. The van der Waals surface area contributed by atoms with E-state index in [2.05, 4.69) is 20.4 Å². The van der Waals surface area contributed by atoms with Crippen LogP contribution in [0.25, 0.3) is 11.3 Å². The zero-order chi connectivity index (χ0) is 22.6. The van der Waals surface area contributed by atoms with Crippen LogP contribution in [-0.2, 0) is 9.47 Å². The summed E-state index contributed by atoms with van der Waals surface area (Å²) in [5.74, 6) is 2.95. The van der Waals surface area contributed by atoms with Gasteiger partial charge in [0.25, 0.3) is 0 Å². The Hall–Kier alpha value is -2.51. The lowest BCUT2D eigenvalue weighted by Crippen LogP contribution is -2.32. The molecule has 0 bridgehead atoms. The minimum Gasteiger partial charge on any atom is -0.462 e. The molecule has 1 aromatic heterocycles. The number of rotatable bonds is 7. The normalized spacial score (nSPS) is 25.7. The molecule has 3 aliphatic rings. The van der Waals surface area contributed by atoms with Crippen LogP contribution in [-0.4, -0.2) is 66.6 Å². The molecular weight excluding hydrogens is 416 g/mol. The number of benzene rings is 1. The standard InChI is InChI=1S/C26H34N4O3/c1-2-33-26(31)20-5-3-19(4-6-20)24-7-8-25(29-28-24)27-23-13-21-16-30(17-22(21)14-23)15-18-9-11-32-12-10-18/h3-8,18,21-23H,2,9-17H2,1H3,(H,27,29)/t21-,22?,23?/m1/s1. The van der Waals surface area contributed by atoms with Crippen LogP contribution >= 0.6 is 0 Å². The second kappa shape index (κ2) is 10.2. The molecule has 33 heavy (non-hydrogen) atoms. The van der Waals surface area contributed by atoms with E-state index in [1.165, 1.54) is 45.3 Å². The summed E-state index contributed by atoms with van der Waals surface area (Å²) in [5.41, 5.74) is 2.27. The Balaban J connectivity index is 1.11. The molecule has 2 unspecified atom stereocenters. The maximum Gasteiger partial charge on any atom is 0.338 e. The molecule has 0 radical (unpaired) electrons. The molecule has 7 nitrogen and oxygen atoms in total. The van der Waals surface area contributed by atoms with Crippen LogP contribution < -0.4 is 5.32 Å². The number of hydrogen-bond donors (Lipinski definition) is 1. The molecule has 3 fully saturated rings. The summed E-state index contributed by atoms with van der Waals surface area (Å²) in [6.07, 6.45) is 4.88. The van der Waals surface area contributed by atoms with Crippen LogP contribution in [0.5, 0.6) is 0 Å². The van der Waals surface area contributed by atoms with Gasteiger partial charge in [0.15, 0.2) is 0 Å². The maximum absolute atomic E-state index is 11.8. The van der Waals surface area contributed by atoms with Crippen molar-refractivity contribution in [2.24, 2.45) is 17.8 Å². The third-order valence-corrected chi connectivity index (χ3v) is 7.39. The Morgan fingerprint density at radius 1 is 1.06 bits per heavy atom. The van der Waals surface area contributed by atoms with Gasteiger partial charge in [0.05, 0.1) is 17.9 Å². The molecule has 176 valence electrons. The Bertz CT molecular complexity index is 914. The quantitative estimate of drug-likeness (QED) is 0.642. The monoisotopic (exact) mass is 450 g/mol. The van der Waals surface area contributed by atoms with E-state index >= 15 is 0 Å². The van der Waals surface area contributed by atoms with E-state index in [9.17, 15) is 4.79 Å². The second-order valence-electron chi connectivity index (χ2n) is 9.71. The number of ether oxygens (including phenoxy) is 2. The largest absolute Gasteiger partial charge is 0.462 e. The van der Waals surface area contributed by atoms with Gasteiger partial charge in [-0.15, -0.1) is 10.2 Å². The van der Waals surface area contributed by atoms with E-state index in [1.807, 2.05) is 24.3 Å². The first-order valence-electron chi connectivity index (χ1n) is 12.4. The molecule has 1 aromatic carbocycles. The highest BCUT2D eigenvalue weighted by atomic mass is 16.5. The lowest BCUT2D eigenvalue weighted by molar-refractivity contribution is 0.0526. The molecule has 7 heteroatoms. The van der Waals surface area contributed by atoms with Crippen molar-refractivity contribution in [2.75, 3.05) is 44.8 Å². The van der Waals surface area contributed by atoms with Crippen LogP contribution in [0.4, 0.5) is 5.82 Å². The van der Waals surface area contributed by atoms with Crippen molar-refractivity contribution in [3.63, 3.8) is 0 Å². The SMILES string of the molecule is CCOC(=O)c1ccc(-c2ccc(NC3CC4CN(CC5CCOCC5)C[C@H]4C3)nn2)cc1. The zero-order valence-corrected chi connectivity index (χ0v) is 19.4. The van der Waals surface area contributed by atoms with Crippen molar-refractivity contribution in [1.82, 2.24) is 15.1 Å². The van der Waals surface area contributed by atoms with Crippen molar-refractivity contribution in [1.29, 1.82) is 0 Å². The first-order chi connectivity index (χ1) is 16.2. The van der Waals surface area contributed by atoms with Crippen molar-refractivity contribution in [3.8, 4) is 11.3 Å². The highest BCUT2D eigenvalue weighted by Crippen LogP contribution is 2.39. The van der Waals surface area contributed by atoms with Crippen molar-refractivity contribution in [2.45, 2.75) is 38.6 Å². The summed E-state index contributed by atoms with van der Waals surface area (Å²) < 4.78 is 10.5. The average molecular weight is 451 g/mol. The summed E-state index contributed by atoms with van der Waals surface area (Å²) in [4.78, 5) is 14.5. The van der Waals surface area contributed by atoms with Gasteiger partial charge in [-0.2, -0.15) is 0 Å². The van der Waals surface area contributed by atoms with E-state index in [-0.39, 0.29) is 5.97 Å². The topological polar surface area (TPSA) is 76.6 Å².